The molecule has 0 spiro atoms. The highest BCUT2D eigenvalue weighted by Gasteiger charge is 2.24. The predicted octanol–water partition coefficient (Wildman–Crippen LogP) is 2.95. The third-order valence-corrected chi connectivity index (χ3v) is 3.27. The molecule has 2 aromatic heterocycles. The fourth-order valence-corrected chi connectivity index (χ4v) is 2.23. The van der Waals surface area contributed by atoms with Crippen molar-refractivity contribution >= 4 is 11.9 Å². The molecule has 0 radical (unpaired) electrons. The van der Waals surface area contributed by atoms with Gasteiger partial charge in [-0.2, -0.15) is 0 Å². The first-order valence-corrected chi connectivity index (χ1v) is 7.37. The Morgan fingerprint density at radius 1 is 1.22 bits per heavy atom. The summed E-state index contributed by atoms with van der Waals surface area (Å²) in [4.78, 5) is 31.3. The lowest BCUT2D eigenvalue weighted by molar-refractivity contribution is 0.0376. The van der Waals surface area contributed by atoms with E-state index in [9.17, 15) is 9.59 Å². The summed E-state index contributed by atoms with van der Waals surface area (Å²) in [5.74, 6) is -0.977. The molecule has 0 atom stereocenters. The molecule has 0 fully saturated rings. The molecule has 6 heteroatoms. The molecule has 0 aliphatic rings. The topological polar surface area (TPSA) is 81.3 Å². The monoisotopic (exact) mass is 316 g/mol. The maximum Gasteiger partial charge on any atom is 0.355 e. The number of ether oxygens (including phenoxy) is 2. The van der Waals surface area contributed by atoms with Crippen molar-refractivity contribution in [2.45, 2.75) is 40.4 Å². The Labute approximate surface area is 134 Å². The summed E-state index contributed by atoms with van der Waals surface area (Å²) in [7, 11) is 0. The second-order valence-electron chi connectivity index (χ2n) is 5.48. The van der Waals surface area contributed by atoms with E-state index in [1.54, 1.807) is 46.0 Å². The van der Waals surface area contributed by atoms with Gasteiger partial charge in [-0.3, -0.25) is 4.98 Å². The number of H-pyrrole nitrogens is 1. The van der Waals surface area contributed by atoms with Gasteiger partial charge in [-0.25, -0.2) is 9.59 Å². The van der Waals surface area contributed by atoms with Crippen LogP contribution in [-0.2, 0) is 16.1 Å². The third kappa shape index (κ3) is 3.97. The first-order chi connectivity index (χ1) is 10.9. The van der Waals surface area contributed by atoms with Crippen molar-refractivity contribution in [3.8, 4) is 0 Å². The lowest BCUT2D eigenvalue weighted by atomic mass is 10.1. The van der Waals surface area contributed by atoms with Gasteiger partial charge >= 0.3 is 11.9 Å². The molecule has 1 N–H and O–H groups in total. The molecule has 23 heavy (non-hydrogen) atoms. The van der Waals surface area contributed by atoms with Crippen LogP contribution in [0.4, 0.5) is 0 Å². The molecule has 0 aliphatic carbocycles. The largest absolute Gasteiger partial charge is 0.459 e. The molecule has 6 nitrogen and oxygen atoms in total. The number of nitrogens with one attached hydrogen (secondary N) is 1. The highest BCUT2D eigenvalue weighted by atomic mass is 16.5. The van der Waals surface area contributed by atoms with Crippen LogP contribution in [0, 0.1) is 13.8 Å². The zero-order chi connectivity index (χ0) is 17.0. The molecule has 0 saturated heterocycles. The summed E-state index contributed by atoms with van der Waals surface area (Å²) >= 11 is 0. The summed E-state index contributed by atoms with van der Waals surface area (Å²) in [5, 5.41) is 0. The van der Waals surface area contributed by atoms with E-state index in [0.717, 1.165) is 0 Å². The van der Waals surface area contributed by atoms with Crippen LogP contribution >= 0.6 is 0 Å². The zero-order valence-electron chi connectivity index (χ0n) is 13.7. The van der Waals surface area contributed by atoms with Gasteiger partial charge in [0.05, 0.1) is 17.4 Å². The molecule has 2 rings (SSSR count). The summed E-state index contributed by atoms with van der Waals surface area (Å²) in [6.07, 6.45) is 1.41. The van der Waals surface area contributed by atoms with Crippen LogP contribution in [-0.4, -0.2) is 28.0 Å². The van der Waals surface area contributed by atoms with Gasteiger partial charge in [0, 0.05) is 11.9 Å². The first-order valence-electron chi connectivity index (χ1n) is 7.37. The zero-order valence-corrected chi connectivity index (χ0v) is 13.7. The van der Waals surface area contributed by atoms with Crippen molar-refractivity contribution in [1.29, 1.82) is 0 Å². The van der Waals surface area contributed by atoms with Gasteiger partial charge in [0.2, 0.25) is 0 Å². The number of nitrogens with zero attached hydrogens (tertiary/aromatic N) is 1. The number of rotatable bonds is 5. The van der Waals surface area contributed by atoms with E-state index in [2.05, 4.69) is 9.97 Å². The molecule has 0 aromatic carbocycles. The lowest BCUT2D eigenvalue weighted by Crippen LogP contribution is -2.13. The normalized spacial score (nSPS) is 10.7. The second-order valence-corrected chi connectivity index (χ2v) is 5.48. The number of aryl methyl sites for hydroxylation is 1. The minimum Gasteiger partial charge on any atom is -0.459 e. The van der Waals surface area contributed by atoms with Gasteiger partial charge in [0.25, 0.3) is 0 Å². The SMILES string of the molecule is Cc1[nH]c(C(=O)OCc2ccccn2)c(C)c1C(=O)OC(C)C. The Hall–Kier alpha value is -2.63. The number of pyridine rings is 1. The molecule has 0 amide bonds. The highest BCUT2D eigenvalue weighted by molar-refractivity contribution is 5.98. The Morgan fingerprint density at radius 3 is 2.57 bits per heavy atom. The quantitative estimate of drug-likeness (QED) is 0.858. The van der Waals surface area contributed by atoms with E-state index in [-0.39, 0.29) is 18.4 Å². The van der Waals surface area contributed by atoms with E-state index < -0.39 is 11.9 Å². The van der Waals surface area contributed by atoms with Crippen molar-refractivity contribution in [3.05, 3.63) is 52.6 Å². The maximum absolute atomic E-state index is 12.2. The van der Waals surface area contributed by atoms with Crippen molar-refractivity contribution in [2.75, 3.05) is 0 Å². The molecule has 2 heterocycles. The van der Waals surface area contributed by atoms with E-state index in [1.807, 2.05) is 6.07 Å². The average Bonchev–Trinajstić information content (AvgIpc) is 2.80. The smallest absolute Gasteiger partial charge is 0.355 e. The number of hydrogen-bond acceptors (Lipinski definition) is 5. The van der Waals surface area contributed by atoms with E-state index in [4.69, 9.17) is 9.47 Å². The Morgan fingerprint density at radius 2 is 1.96 bits per heavy atom. The molecular weight excluding hydrogens is 296 g/mol. The average molecular weight is 316 g/mol. The van der Waals surface area contributed by atoms with Crippen LogP contribution in [0.1, 0.15) is 51.6 Å². The molecular formula is C17H20N2O4. The number of aromatic amines is 1. The van der Waals surface area contributed by atoms with E-state index in [0.29, 0.717) is 22.5 Å². The maximum atomic E-state index is 12.2. The van der Waals surface area contributed by atoms with Gasteiger partial charge in [-0.05, 0) is 45.4 Å². The molecule has 0 unspecified atom stereocenters. The molecule has 0 bridgehead atoms. The number of hydrogen-bond donors (Lipinski definition) is 1. The van der Waals surface area contributed by atoms with Crippen LogP contribution in [0.15, 0.2) is 24.4 Å². The van der Waals surface area contributed by atoms with E-state index >= 15 is 0 Å². The third-order valence-electron chi connectivity index (χ3n) is 3.27. The van der Waals surface area contributed by atoms with Crippen molar-refractivity contribution < 1.29 is 19.1 Å². The van der Waals surface area contributed by atoms with E-state index in [1.165, 1.54) is 0 Å². The van der Waals surface area contributed by atoms with Crippen molar-refractivity contribution in [3.63, 3.8) is 0 Å². The van der Waals surface area contributed by atoms with Gasteiger partial charge in [-0.15, -0.1) is 0 Å². The molecule has 0 aliphatic heterocycles. The minimum absolute atomic E-state index is 0.0724. The summed E-state index contributed by atoms with van der Waals surface area (Å²) < 4.78 is 10.4. The number of carbonyl (C=O) groups excluding carboxylic acids is 2. The summed E-state index contributed by atoms with van der Waals surface area (Å²) in [6, 6.07) is 5.38. The van der Waals surface area contributed by atoms with Crippen molar-refractivity contribution in [1.82, 2.24) is 9.97 Å². The van der Waals surface area contributed by atoms with Gasteiger partial charge in [0.15, 0.2) is 0 Å². The fraction of sp³-hybridized carbons (Fsp3) is 0.353. The number of carbonyl (C=O) groups is 2. The minimum atomic E-state index is -0.528. The van der Waals surface area contributed by atoms with Crippen LogP contribution in [0.25, 0.3) is 0 Å². The van der Waals surface area contributed by atoms with Gasteiger partial charge in [0.1, 0.15) is 12.3 Å². The first kappa shape index (κ1) is 16.7. The van der Waals surface area contributed by atoms with Crippen LogP contribution in [0.3, 0.4) is 0 Å². The predicted molar refractivity (Wildman–Crippen MR) is 84.2 cm³/mol. The van der Waals surface area contributed by atoms with Gasteiger partial charge in [-0.1, -0.05) is 6.07 Å². The lowest BCUT2D eigenvalue weighted by Gasteiger charge is -2.08. The molecule has 122 valence electrons. The Kier molecular flexibility index (Phi) is 5.16. The second kappa shape index (κ2) is 7.09. The highest BCUT2D eigenvalue weighted by Crippen LogP contribution is 2.20. The fourth-order valence-electron chi connectivity index (χ4n) is 2.23. The summed E-state index contributed by atoms with van der Waals surface area (Å²) in [6.45, 7) is 7.04. The van der Waals surface area contributed by atoms with Gasteiger partial charge < -0.3 is 14.5 Å². The molecule has 0 saturated carbocycles. The van der Waals surface area contributed by atoms with Crippen LogP contribution in [0.2, 0.25) is 0 Å². The van der Waals surface area contributed by atoms with Crippen LogP contribution in [0.5, 0.6) is 0 Å². The van der Waals surface area contributed by atoms with Crippen molar-refractivity contribution in [2.24, 2.45) is 0 Å². The number of esters is 2. The number of aromatic nitrogens is 2. The Balaban J connectivity index is 2.14. The summed E-state index contributed by atoms with van der Waals surface area (Å²) in [5.41, 5.74) is 2.40. The molecule has 2 aromatic rings. The Bertz CT molecular complexity index is 705. The standard InChI is InChI=1S/C17H20N2O4/c1-10(2)23-16(20)14-11(3)15(19-12(14)4)17(21)22-9-13-7-5-6-8-18-13/h5-8,10,19H,9H2,1-4H3. The van der Waals surface area contributed by atoms with Crippen LogP contribution < -0.4 is 0 Å².